The lowest BCUT2D eigenvalue weighted by Gasteiger charge is -2.11. The summed E-state index contributed by atoms with van der Waals surface area (Å²) in [4.78, 5) is 6.83. The zero-order valence-corrected chi connectivity index (χ0v) is 15.0. The van der Waals surface area contributed by atoms with Crippen LogP contribution >= 0.6 is 22.7 Å². The number of aromatic nitrogens is 1. The average molecular weight is 346 g/mol. The van der Waals surface area contributed by atoms with Gasteiger partial charge in [-0.1, -0.05) is 31.4 Å². The monoisotopic (exact) mass is 345 g/mol. The molecule has 2 aromatic heterocycles. The number of nitrogens with zero attached hydrogens (tertiary/aromatic N) is 3. The standard InChI is InChI=1S/C18H23N3S2/c1-2-12-19-18-21(16(14-23-18)17-11-8-13-22-17)20-15-9-6-4-3-5-7-10-15/h2,8,11,13-14H,1,3-7,9-10,12H2. The number of hydrogen-bond acceptors (Lipinski definition) is 4. The number of thiophene rings is 1. The highest BCUT2D eigenvalue weighted by Crippen LogP contribution is 2.25. The van der Waals surface area contributed by atoms with Crippen molar-refractivity contribution in [3.63, 3.8) is 0 Å². The fourth-order valence-corrected chi connectivity index (χ4v) is 4.43. The molecule has 0 atom stereocenters. The van der Waals surface area contributed by atoms with Gasteiger partial charge in [0.25, 0.3) is 0 Å². The molecule has 0 spiro atoms. The van der Waals surface area contributed by atoms with E-state index in [4.69, 9.17) is 5.10 Å². The second-order valence-corrected chi connectivity index (χ2v) is 7.54. The zero-order chi connectivity index (χ0) is 15.9. The van der Waals surface area contributed by atoms with Gasteiger partial charge in [0.05, 0.1) is 17.1 Å². The van der Waals surface area contributed by atoms with E-state index in [-0.39, 0.29) is 0 Å². The van der Waals surface area contributed by atoms with Crippen LogP contribution < -0.4 is 4.80 Å². The second-order valence-electron chi connectivity index (χ2n) is 5.76. The molecule has 3 nitrogen and oxygen atoms in total. The van der Waals surface area contributed by atoms with Crippen LogP contribution in [0.25, 0.3) is 10.6 Å². The van der Waals surface area contributed by atoms with Gasteiger partial charge < -0.3 is 0 Å². The summed E-state index contributed by atoms with van der Waals surface area (Å²) in [6.07, 6.45) is 10.6. The minimum Gasteiger partial charge on any atom is -0.253 e. The quantitative estimate of drug-likeness (QED) is 0.672. The van der Waals surface area contributed by atoms with E-state index < -0.39 is 0 Å². The van der Waals surface area contributed by atoms with Crippen LogP contribution in [0.2, 0.25) is 0 Å². The summed E-state index contributed by atoms with van der Waals surface area (Å²) in [6.45, 7) is 4.40. The zero-order valence-electron chi connectivity index (χ0n) is 13.4. The van der Waals surface area contributed by atoms with Gasteiger partial charge in [-0.25, -0.2) is 4.68 Å². The molecule has 0 radical (unpaired) electrons. The maximum atomic E-state index is 5.01. The third-order valence-electron chi connectivity index (χ3n) is 3.99. The molecule has 0 unspecified atom stereocenters. The highest BCUT2D eigenvalue weighted by molar-refractivity contribution is 7.14. The van der Waals surface area contributed by atoms with Crippen LogP contribution in [0.1, 0.15) is 44.9 Å². The van der Waals surface area contributed by atoms with E-state index in [2.05, 4.69) is 39.1 Å². The summed E-state index contributed by atoms with van der Waals surface area (Å²) >= 11 is 3.41. The van der Waals surface area contributed by atoms with Gasteiger partial charge in [-0.3, -0.25) is 4.99 Å². The lowest BCUT2D eigenvalue weighted by Crippen LogP contribution is -2.15. The van der Waals surface area contributed by atoms with Gasteiger partial charge in [-0.15, -0.1) is 29.3 Å². The van der Waals surface area contributed by atoms with Crippen LogP contribution in [0.5, 0.6) is 0 Å². The Kier molecular flexibility index (Phi) is 6.00. The predicted octanol–water partition coefficient (Wildman–Crippen LogP) is 5.31. The van der Waals surface area contributed by atoms with Crippen molar-refractivity contribution in [2.75, 3.05) is 6.54 Å². The molecular weight excluding hydrogens is 322 g/mol. The maximum Gasteiger partial charge on any atom is 0.206 e. The van der Waals surface area contributed by atoms with Gasteiger partial charge in [0.15, 0.2) is 0 Å². The van der Waals surface area contributed by atoms with E-state index in [9.17, 15) is 0 Å². The van der Waals surface area contributed by atoms with E-state index in [1.807, 2.05) is 6.08 Å². The van der Waals surface area contributed by atoms with E-state index in [0.717, 1.165) is 23.3 Å². The molecule has 2 heterocycles. The summed E-state index contributed by atoms with van der Waals surface area (Å²) in [6, 6.07) is 4.24. The fraction of sp³-hybridized carbons (Fsp3) is 0.444. The Bertz CT molecular complexity index is 710. The molecule has 23 heavy (non-hydrogen) atoms. The summed E-state index contributed by atoms with van der Waals surface area (Å²) in [7, 11) is 0. The van der Waals surface area contributed by atoms with Crippen LogP contribution in [0, 0.1) is 0 Å². The Morgan fingerprint density at radius 2 is 1.91 bits per heavy atom. The molecule has 1 fully saturated rings. The predicted molar refractivity (Wildman–Crippen MR) is 101 cm³/mol. The van der Waals surface area contributed by atoms with Crippen molar-refractivity contribution in [3.8, 4) is 10.6 Å². The summed E-state index contributed by atoms with van der Waals surface area (Å²) in [5, 5.41) is 9.29. The van der Waals surface area contributed by atoms with Gasteiger partial charge in [-0.2, -0.15) is 5.10 Å². The Morgan fingerprint density at radius 1 is 1.13 bits per heavy atom. The van der Waals surface area contributed by atoms with Gasteiger partial charge in [0, 0.05) is 11.1 Å². The molecule has 2 aromatic rings. The summed E-state index contributed by atoms with van der Waals surface area (Å²) in [5.41, 5.74) is 2.48. The first-order chi connectivity index (χ1) is 11.4. The van der Waals surface area contributed by atoms with Gasteiger partial charge >= 0.3 is 0 Å². The molecule has 1 aliphatic carbocycles. The Labute approximate surface area is 145 Å². The maximum absolute atomic E-state index is 5.01. The van der Waals surface area contributed by atoms with Crippen LogP contribution in [-0.4, -0.2) is 16.9 Å². The number of thiazole rings is 1. The van der Waals surface area contributed by atoms with Crippen molar-refractivity contribution in [2.24, 2.45) is 10.1 Å². The molecule has 5 heteroatoms. The van der Waals surface area contributed by atoms with E-state index >= 15 is 0 Å². The lowest BCUT2D eigenvalue weighted by atomic mass is 9.99. The molecule has 0 aliphatic heterocycles. The molecule has 1 aliphatic rings. The average Bonchev–Trinajstić information content (AvgIpc) is 3.17. The molecule has 0 N–H and O–H groups in total. The minimum absolute atomic E-state index is 0.634. The van der Waals surface area contributed by atoms with Crippen molar-refractivity contribution in [1.82, 2.24) is 4.68 Å². The topological polar surface area (TPSA) is 29.6 Å². The first kappa shape index (κ1) is 16.4. The molecular formula is C18H23N3S2. The van der Waals surface area contributed by atoms with Crippen LogP contribution in [0.4, 0.5) is 0 Å². The summed E-state index contributed by atoms with van der Waals surface area (Å²) in [5.74, 6) is 0. The SMILES string of the molecule is C=CCN=c1scc(-c2cccs2)n1N=C1CCCCCCC1. The molecule has 0 aromatic carbocycles. The smallest absolute Gasteiger partial charge is 0.206 e. The number of hydrogen-bond donors (Lipinski definition) is 0. The highest BCUT2D eigenvalue weighted by Gasteiger charge is 2.11. The molecule has 0 saturated heterocycles. The van der Waals surface area contributed by atoms with Crippen molar-refractivity contribution in [1.29, 1.82) is 0 Å². The van der Waals surface area contributed by atoms with E-state index in [1.54, 1.807) is 22.7 Å². The van der Waals surface area contributed by atoms with E-state index in [0.29, 0.717) is 6.54 Å². The molecule has 1 saturated carbocycles. The third-order valence-corrected chi connectivity index (χ3v) is 5.73. The molecule has 122 valence electrons. The van der Waals surface area contributed by atoms with Gasteiger partial charge in [-0.05, 0) is 37.1 Å². The Balaban J connectivity index is 2.00. The Hall–Kier alpha value is -1.46. The van der Waals surface area contributed by atoms with Crippen LogP contribution in [0.3, 0.4) is 0 Å². The molecule has 0 amide bonds. The van der Waals surface area contributed by atoms with Crippen LogP contribution in [-0.2, 0) is 0 Å². The van der Waals surface area contributed by atoms with Crippen molar-refractivity contribution in [2.45, 2.75) is 44.9 Å². The first-order valence-electron chi connectivity index (χ1n) is 8.31. The summed E-state index contributed by atoms with van der Waals surface area (Å²) < 4.78 is 2.05. The van der Waals surface area contributed by atoms with Gasteiger partial charge in [0.2, 0.25) is 4.80 Å². The van der Waals surface area contributed by atoms with Crippen molar-refractivity contribution >= 4 is 28.4 Å². The fourth-order valence-electron chi connectivity index (χ4n) is 2.80. The Morgan fingerprint density at radius 3 is 2.61 bits per heavy atom. The third kappa shape index (κ3) is 4.30. The van der Waals surface area contributed by atoms with Crippen molar-refractivity contribution in [3.05, 3.63) is 40.3 Å². The highest BCUT2D eigenvalue weighted by atomic mass is 32.1. The first-order valence-corrected chi connectivity index (χ1v) is 10.1. The normalized spacial score (nSPS) is 16.9. The van der Waals surface area contributed by atoms with Crippen LogP contribution in [0.15, 0.2) is 45.6 Å². The number of rotatable bonds is 4. The van der Waals surface area contributed by atoms with Gasteiger partial charge in [0.1, 0.15) is 0 Å². The largest absolute Gasteiger partial charge is 0.253 e. The molecule has 0 bridgehead atoms. The lowest BCUT2D eigenvalue weighted by molar-refractivity contribution is 0.602. The molecule has 3 rings (SSSR count). The second kappa shape index (κ2) is 8.41. The van der Waals surface area contributed by atoms with E-state index in [1.165, 1.54) is 42.7 Å². The van der Waals surface area contributed by atoms with Crippen molar-refractivity contribution < 1.29 is 0 Å². The minimum atomic E-state index is 0.634.